The molecule has 4 heteroatoms. The fourth-order valence-electron chi connectivity index (χ4n) is 1.41. The molecular formula is C8H15N3O. The van der Waals surface area contributed by atoms with E-state index in [1.54, 1.807) is 0 Å². The highest BCUT2D eigenvalue weighted by Crippen LogP contribution is 2.05. The number of rotatable bonds is 2. The maximum atomic E-state index is 8.77. The number of likely N-dealkylation sites (N-methyl/N-ethyl adjacent to an activating group) is 1. The van der Waals surface area contributed by atoms with Crippen molar-refractivity contribution in [1.82, 2.24) is 9.80 Å². The smallest absolute Gasteiger partial charge is 0.110 e. The Balaban J connectivity index is 2.40. The van der Waals surface area contributed by atoms with Gasteiger partial charge in [0.25, 0.3) is 0 Å². The van der Waals surface area contributed by atoms with Crippen molar-refractivity contribution in [2.24, 2.45) is 0 Å². The molecule has 0 aliphatic carbocycles. The molecule has 1 rings (SSSR count). The molecule has 0 spiro atoms. The van der Waals surface area contributed by atoms with Gasteiger partial charge in [0.1, 0.15) is 6.04 Å². The summed E-state index contributed by atoms with van der Waals surface area (Å²) in [5, 5.41) is 17.5. The minimum Gasteiger partial charge on any atom is -0.395 e. The van der Waals surface area contributed by atoms with Crippen molar-refractivity contribution in [1.29, 1.82) is 5.26 Å². The molecule has 4 nitrogen and oxygen atoms in total. The minimum atomic E-state index is -0.00898. The summed E-state index contributed by atoms with van der Waals surface area (Å²) in [6.45, 7) is 3.49. The molecule has 1 atom stereocenters. The molecule has 1 saturated heterocycles. The van der Waals surface area contributed by atoms with Crippen molar-refractivity contribution in [3.8, 4) is 6.07 Å². The molecule has 0 saturated carbocycles. The average molecular weight is 169 g/mol. The summed E-state index contributed by atoms with van der Waals surface area (Å²) < 4.78 is 0. The number of hydrogen-bond donors (Lipinski definition) is 1. The van der Waals surface area contributed by atoms with Crippen LogP contribution in [0.5, 0.6) is 0 Å². The summed E-state index contributed by atoms with van der Waals surface area (Å²) in [5.74, 6) is 0. The summed E-state index contributed by atoms with van der Waals surface area (Å²) >= 11 is 0. The predicted octanol–water partition coefficient (Wildman–Crippen LogP) is -0.882. The molecule has 0 radical (unpaired) electrons. The molecule has 1 fully saturated rings. The van der Waals surface area contributed by atoms with Gasteiger partial charge < -0.3 is 5.11 Å². The largest absolute Gasteiger partial charge is 0.395 e. The Labute approximate surface area is 73.0 Å². The van der Waals surface area contributed by atoms with E-state index in [-0.39, 0.29) is 12.6 Å². The molecule has 12 heavy (non-hydrogen) atoms. The highest BCUT2D eigenvalue weighted by atomic mass is 16.3. The van der Waals surface area contributed by atoms with E-state index in [0.717, 1.165) is 19.6 Å². The monoisotopic (exact) mass is 169 g/mol. The van der Waals surface area contributed by atoms with Gasteiger partial charge in [-0.25, -0.2) is 0 Å². The number of nitriles is 1. The lowest BCUT2D eigenvalue weighted by molar-refractivity contribution is 0.104. The number of hydrogen-bond acceptors (Lipinski definition) is 4. The van der Waals surface area contributed by atoms with Crippen molar-refractivity contribution in [2.45, 2.75) is 6.04 Å². The van der Waals surface area contributed by atoms with Gasteiger partial charge in [0.2, 0.25) is 0 Å². The summed E-state index contributed by atoms with van der Waals surface area (Å²) in [5.41, 5.74) is 0. The zero-order valence-electron chi connectivity index (χ0n) is 7.40. The second-order valence-electron chi connectivity index (χ2n) is 3.15. The van der Waals surface area contributed by atoms with Crippen LogP contribution in [-0.4, -0.2) is 60.8 Å². The standard InChI is InChI=1S/C8H15N3O/c1-10-2-3-11(4-5-12)7-8(10)6-9/h8,12H,2-5,7H2,1H3. The third-order valence-electron chi connectivity index (χ3n) is 2.30. The molecule has 1 aliphatic heterocycles. The summed E-state index contributed by atoms with van der Waals surface area (Å²) in [6.07, 6.45) is 0. The van der Waals surface area contributed by atoms with Crippen molar-refractivity contribution in [3.63, 3.8) is 0 Å². The molecule has 1 N–H and O–H groups in total. The predicted molar refractivity (Wildman–Crippen MR) is 45.6 cm³/mol. The summed E-state index contributed by atoms with van der Waals surface area (Å²) in [4.78, 5) is 4.17. The van der Waals surface area contributed by atoms with Gasteiger partial charge in [0, 0.05) is 26.2 Å². The van der Waals surface area contributed by atoms with E-state index in [2.05, 4.69) is 11.0 Å². The van der Waals surface area contributed by atoms with Crippen molar-refractivity contribution in [2.75, 3.05) is 39.8 Å². The molecule has 68 valence electrons. The van der Waals surface area contributed by atoms with Crippen LogP contribution in [0.2, 0.25) is 0 Å². The number of aliphatic hydroxyl groups is 1. The molecular weight excluding hydrogens is 154 g/mol. The van der Waals surface area contributed by atoms with Crippen LogP contribution >= 0.6 is 0 Å². The molecule has 0 bridgehead atoms. The average Bonchev–Trinajstić information content (AvgIpc) is 2.09. The van der Waals surface area contributed by atoms with E-state index >= 15 is 0 Å². The first-order chi connectivity index (χ1) is 5.77. The molecule has 1 aliphatic rings. The second kappa shape index (κ2) is 4.41. The van der Waals surface area contributed by atoms with Gasteiger partial charge in [-0.1, -0.05) is 0 Å². The summed E-state index contributed by atoms with van der Waals surface area (Å²) in [6, 6.07) is 2.24. The van der Waals surface area contributed by atoms with Crippen molar-refractivity contribution < 1.29 is 5.11 Å². The van der Waals surface area contributed by atoms with Crippen LogP contribution < -0.4 is 0 Å². The molecule has 0 aromatic rings. The van der Waals surface area contributed by atoms with Gasteiger partial charge in [-0.3, -0.25) is 9.80 Å². The Morgan fingerprint density at radius 3 is 2.92 bits per heavy atom. The fourth-order valence-corrected chi connectivity index (χ4v) is 1.41. The minimum absolute atomic E-state index is 0.00898. The van der Waals surface area contributed by atoms with Gasteiger partial charge in [-0.05, 0) is 7.05 Å². The van der Waals surface area contributed by atoms with Crippen LogP contribution in [0.3, 0.4) is 0 Å². The zero-order chi connectivity index (χ0) is 8.97. The van der Waals surface area contributed by atoms with Crippen LogP contribution in [0.4, 0.5) is 0 Å². The van der Waals surface area contributed by atoms with Gasteiger partial charge in [-0.2, -0.15) is 5.26 Å². The van der Waals surface area contributed by atoms with Gasteiger partial charge in [0.15, 0.2) is 0 Å². The molecule has 0 aromatic carbocycles. The number of nitrogens with zero attached hydrogens (tertiary/aromatic N) is 3. The van der Waals surface area contributed by atoms with Crippen LogP contribution in [-0.2, 0) is 0 Å². The quantitative estimate of drug-likeness (QED) is 0.583. The Morgan fingerprint density at radius 1 is 1.58 bits per heavy atom. The SMILES string of the molecule is CN1CCN(CCO)CC1C#N. The normalized spacial score (nSPS) is 26.9. The van der Waals surface area contributed by atoms with Crippen LogP contribution in [0.15, 0.2) is 0 Å². The first-order valence-electron chi connectivity index (χ1n) is 4.21. The van der Waals surface area contributed by atoms with E-state index in [9.17, 15) is 0 Å². The van der Waals surface area contributed by atoms with E-state index in [4.69, 9.17) is 10.4 Å². The number of piperazine rings is 1. The Kier molecular flexibility index (Phi) is 3.48. The van der Waals surface area contributed by atoms with Crippen molar-refractivity contribution in [3.05, 3.63) is 0 Å². The maximum absolute atomic E-state index is 8.77. The van der Waals surface area contributed by atoms with Gasteiger partial charge in [0.05, 0.1) is 12.7 Å². The Morgan fingerprint density at radius 2 is 2.33 bits per heavy atom. The third-order valence-corrected chi connectivity index (χ3v) is 2.30. The molecule has 0 aromatic heterocycles. The van der Waals surface area contributed by atoms with Gasteiger partial charge in [-0.15, -0.1) is 0 Å². The lowest BCUT2D eigenvalue weighted by Gasteiger charge is -2.35. The number of β-amino-alcohol motifs (C(OH)–C–C–N with tert-alkyl or cyclic N) is 1. The first-order valence-corrected chi connectivity index (χ1v) is 4.21. The fraction of sp³-hybridized carbons (Fsp3) is 0.875. The van der Waals surface area contributed by atoms with E-state index < -0.39 is 0 Å². The lowest BCUT2D eigenvalue weighted by atomic mass is 10.2. The van der Waals surface area contributed by atoms with E-state index in [1.165, 1.54) is 0 Å². The Hall–Kier alpha value is -0.630. The van der Waals surface area contributed by atoms with Crippen molar-refractivity contribution >= 4 is 0 Å². The number of aliphatic hydroxyl groups excluding tert-OH is 1. The van der Waals surface area contributed by atoms with Crippen LogP contribution in [0, 0.1) is 11.3 Å². The summed E-state index contributed by atoms with van der Waals surface area (Å²) in [7, 11) is 1.96. The van der Waals surface area contributed by atoms with Crippen LogP contribution in [0.1, 0.15) is 0 Å². The molecule has 0 amide bonds. The molecule has 1 unspecified atom stereocenters. The second-order valence-corrected chi connectivity index (χ2v) is 3.15. The highest BCUT2D eigenvalue weighted by molar-refractivity contribution is 4.95. The van der Waals surface area contributed by atoms with E-state index in [0.29, 0.717) is 6.54 Å². The zero-order valence-corrected chi connectivity index (χ0v) is 7.40. The molecule has 1 heterocycles. The topological polar surface area (TPSA) is 50.5 Å². The van der Waals surface area contributed by atoms with Crippen LogP contribution in [0.25, 0.3) is 0 Å². The maximum Gasteiger partial charge on any atom is 0.110 e. The lowest BCUT2D eigenvalue weighted by Crippen LogP contribution is -2.51. The van der Waals surface area contributed by atoms with Gasteiger partial charge >= 0.3 is 0 Å². The van der Waals surface area contributed by atoms with E-state index in [1.807, 2.05) is 11.9 Å². The highest BCUT2D eigenvalue weighted by Gasteiger charge is 2.22. The Bertz CT molecular complexity index is 178. The first kappa shape index (κ1) is 9.46. The third kappa shape index (κ3) is 2.18.